The summed E-state index contributed by atoms with van der Waals surface area (Å²) < 4.78 is 0. The first-order valence-corrected chi connectivity index (χ1v) is 7.66. The van der Waals surface area contributed by atoms with Crippen molar-refractivity contribution in [2.75, 3.05) is 6.54 Å². The number of thioether (sulfide) groups is 1. The smallest absolute Gasteiger partial charge is 0.230 e. The van der Waals surface area contributed by atoms with Gasteiger partial charge in [0.2, 0.25) is 5.91 Å². The number of primary amides is 1. The zero-order valence-corrected chi connectivity index (χ0v) is 12.8. The Kier molecular flexibility index (Phi) is 6.95. The highest BCUT2D eigenvalue weighted by Gasteiger charge is 2.14. The van der Waals surface area contributed by atoms with E-state index in [9.17, 15) is 4.79 Å². The number of amides is 1. The van der Waals surface area contributed by atoms with Crippen LogP contribution in [0.1, 0.15) is 32.8 Å². The molecule has 0 aromatic heterocycles. The number of rotatable bonds is 8. The molecular formula is C15H24N2OS. The summed E-state index contributed by atoms with van der Waals surface area (Å²) in [7, 11) is 0. The SMILES string of the molecule is CCC(Sc1cccc(CNCC(C)C)c1)C(N)=O. The number of nitrogens with one attached hydrogen (secondary N) is 1. The molecule has 0 saturated heterocycles. The Morgan fingerprint density at radius 3 is 2.74 bits per heavy atom. The van der Waals surface area contributed by atoms with Crippen molar-refractivity contribution in [3.05, 3.63) is 29.8 Å². The lowest BCUT2D eigenvalue weighted by Crippen LogP contribution is -2.24. The van der Waals surface area contributed by atoms with E-state index in [0.29, 0.717) is 5.92 Å². The molecule has 0 fully saturated rings. The fourth-order valence-electron chi connectivity index (χ4n) is 1.74. The zero-order chi connectivity index (χ0) is 14.3. The van der Waals surface area contributed by atoms with Crippen LogP contribution in [0.2, 0.25) is 0 Å². The third-order valence-electron chi connectivity index (χ3n) is 2.75. The van der Waals surface area contributed by atoms with Crippen LogP contribution in [-0.2, 0) is 11.3 Å². The van der Waals surface area contributed by atoms with E-state index in [1.54, 1.807) is 11.8 Å². The van der Waals surface area contributed by atoms with Crippen molar-refractivity contribution >= 4 is 17.7 Å². The van der Waals surface area contributed by atoms with E-state index < -0.39 is 0 Å². The topological polar surface area (TPSA) is 55.1 Å². The summed E-state index contributed by atoms with van der Waals surface area (Å²) >= 11 is 1.55. The Morgan fingerprint density at radius 1 is 1.42 bits per heavy atom. The molecule has 0 bridgehead atoms. The summed E-state index contributed by atoms with van der Waals surface area (Å²) in [5.74, 6) is 0.410. The molecule has 0 heterocycles. The first kappa shape index (κ1) is 16.1. The van der Waals surface area contributed by atoms with E-state index in [0.717, 1.165) is 24.4 Å². The highest BCUT2D eigenvalue weighted by Crippen LogP contribution is 2.25. The fraction of sp³-hybridized carbons (Fsp3) is 0.533. The molecule has 0 aliphatic heterocycles. The molecule has 1 rings (SSSR count). The molecule has 3 N–H and O–H groups in total. The minimum absolute atomic E-state index is 0.140. The Balaban J connectivity index is 2.58. The van der Waals surface area contributed by atoms with Crippen LogP contribution in [0.3, 0.4) is 0 Å². The Morgan fingerprint density at radius 2 is 2.16 bits per heavy atom. The van der Waals surface area contributed by atoms with Gasteiger partial charge in [-0.15, -0.1) is 11.8 Å². The number of carbonyl (C=O) groups is 1. The van der Waals surface area contributed by atoms with Gasteiger partial charge in [0.15, 0.2) is 0 Å². The van der Waals surface area contributed by atoms with Gasteiger partial charge >= 0.3 is 0 Å². The average molecular weight is 280 g/mol. The van der Waals surface area contributed by atoms with Crippen LogP contribution in [0.4, 0.5) is 0 Å². The highest BCUT2D eigenvalue weighted by atomic mass is 32.2. The van der Waals surface area contributed by atoms with E-state index in [4.69, 9.17) is 5.73 Å². The van der Waals surface area contributed by atoms with Crippen LogP contribution in [-0.4, -0.2) is 17.7 Å². The lowest BCUT2D eigenvalue weighted by atomic mass is 10.2. The van der Waals surface area contributed by atoms with Gasteiger partial charge in [0, 0.05) is 11.4 Å². The summed E-state index contributed by atoms with van der Waals surface area (Å²) in [5.41, 5.74) is 6.62. The van der Waals surface area contributed by atoms with Gasteiger partial charge in [-0.25, -0.2) is 0 Å². The van der Waals surface area contributed by atoms with Gasteiger partial charge in [-0.1, -0.05) is 32.9 Å². The molecule has 0 saturated carbocycles. The van der Waals surface area contributed by atoms with Crippen molar-refractivity contribution in [1.82, 2.24) is 5.32 Å². The number of nitrogens with two attached hydrogens (primary N) is 1. The highest BCUT2D eigenvalue weighted by molar-refractivity contribution is 8.00. The molecule has 0 radical (unpaired) electrons. The second-order valence-electron chi connectivity index (χ2n) is 5.09. The zero-order valence-electron chi connectivity index (χ0n) is 12.0. The van der Waals surface area contributed by atoms with E-state index in [1.165, 1.54) is 5.56 Å². The number of carbonyl (C=O) groups excluding carboxylic acids is 1. The van der Waals surface area contributed by atoms with Gasteiger partial charge in [0.05, 0.1) is 5.25 Å². The van der Waals surface area contributed by atoms with E-state index in [-0.39, 0.29) is 11.2 Å². The molecule has 0 aliphatic rings. The molecule has 19 heavy (non-hydrogen) atoms. The Hall–Kier alpha value is -1.00. The van der Waals surface area contributed by atoms with Gasteiger partial charge < -0.3 is 11.1 Å². The van der Waals surface area contributed by atoms with Crippen LogP contribution in [0.15, 0.2) is 29.2 Å². The Labute approximate surface area is 120 Å². The fourth-order valence-corrected chi connectivity index (χ4v) is 2.73. The molecule has 106 valence electrons. The van der Waals surface area contributed by atoms with Gasteiger partial charge in [-0.2, -0.15) is 0 Å². The second kappa shape index (κ2) is 8.23. The molecule has 4 heteroatoms. The third kappa shape index (κ3) is 6.12. The molecule has 1 unspecified atom stereocenters. The van der Waals surface area contributed by atoms with Crippen molar-refractivity contribution in [3.8, 4) is 0 Å². The molecule has 0 aliphatic carbocycles. The molecule has 3 nitrogen and oxygen atoms in total. The van der Waals surface area contributed by atoms with Crippen molar-refractivity contribution in [1.29, 1.82) is 0 Å². The summed E-state index contributed by atoms with van der Waals surface area (Å²) in [5, 5.41) is 3.28. The monoisotopic (exact) mass is 280 g/mol. The predicted octanol–water partition coefficient (Wildman–Crippen LogP) is 2.79. The average Bonchev–Trinajstić information content (AvgIpc) is 2.35. The lowest BCUT2D eigenvalue weighted by molar-refractivity contribution is -0.117. The third-order valence-corrected chi connectivity index (χ3v) is 4.12. The molecule has 0 spiro atoms. The Bertz CT molecular complexity index is 407. The number of hydrogen-bond acceptors (Lipinski definition) is 3. The maximum absolute atomic E-state index is 11.3. The van der Waals surface area contributed by atoms with Crippen LogP contribution in [0.25, 0.3) is 0 Å². The predicted molar refractivity (Wildman–Crippen MR) is 82.1 cm³/mol. The van der Waals surface area contributed by atoms with E-state index in [2.05, 4.69) is 31.3 Å². The first-order valence-electron chi connectivity index (χ1n) is 6.78. The van der Waals surface area contributed by atoms with Gasteiger partial charge in [-0.3, -0.25) is 4.79 Å². The van der Waals surface area contributed by atoms with Crippen LogP contribution in [0.5, 0.6) is 0 Å². The molecular weight excluding hydrogens is 256 g/mol. The molecule has 1 atom stereocenters. The van der Waals surface area contributed by atoms with Crippen LogP contribution in [0, 0.1) is 5.92 Å². The van der Waals surface area contributed by atoms with Crippen LogP contribution >= 0.6 is 11.8 Å². The van der Waals surface area contributed by atoms with Crippen molar-refractivity contribution in [3.63, 3.8) is 0 Å². The first-order chi connectivity index (χ1) is 9.02. The van der Waals surface area contributed by atoms with Crippen molar-refractivity contribution in [2.24, 2.45) is 11.7 Å². The maximum Gasteiger partial charge on any atom is 0.230 e. The van der Waals surface area contributed by atoms with Crippen LogP contribution < -0.4 is 11.1 Å². The number of benzene rings is 1. The molecule has 1 amide bonds. The van der Waals surface area contributed by atoms with E-state index >= 15 is 0 Å². The normalized spacial score (nSPS) is 12.6. The lowest BCUT2D eigenvalue weighted by Gasteiger charge is -2.12. The van der Waals surface area contributed by atoms with Gasteiger partial charge in [-0.05, 0) is 36.6 Å². The summed E-state index contributed by atoms with van der Waals surface area (Å²) in [6, 6.07) is 8.29. The summed E-state index contributed by atoms with van der Waals surface area (Å²) in [6.07, 6.45) is 0.760. The standard InChI is InChI=1S/C15H24N2OS/c1-4-14(15(16)18)19-13-7-5-6-12(8-13)10-17-9-11(2)3/h5-8,11,14,17H,4,9-10H2,1-3H3,(H2,16,18). The minimum atomic E-state index is -0.240. The molecule has 1 aromatic rings. The quantitative estimate of drug-likeness (QED) is 0.720. The minimum Gasteiger partial charge on any atom is -0.369 e. The largest absolute Gasteiger partial charge is 0.369 e. The number of hydrogen-bond donors (Lipinski definition) is 2. The summed E-state index contributed by atoms with van der Waals surface area (Å²) in [6.45, 7) is 8.24. The van der Waals surface area contributed by atoms with Gasteiger partial charge in [0.25, 0.3) is 0 Å². The maximum atomic E-state index is 11.3. The molecule has 1 aromatic carbocycles. The van der Waals surface area contributed by atoms with Crippen molar-refractivity contribution in [2.45, 2.75) is 43.9 Å². The van der Waals surface area contributed by atoms with Crippen molar-refractivity contribution < 1.29 is 4.79 Å². The van der Waals surface area contributed by atoms with Gasteiger partial charge in [0.1, 0.15) is 0 Å². The second-order valence-corrected chi connectivity index (χ2v) is 6.37. The summed E-state index contributed by atoms with van der Waals surface area (Å²) in [4.78, 5) is 12.4. The van der Waals surface area contributed by atoms with E-state index in [1.807, 2.05) is 19.1 Å².